The van der Waals surface area contributed by atoms with E-state index in [1.807, 2.05) is 24.3 Å². The molecule has 1 aliphatic rings. The van der Waals surface area contributed by atoms with Crippen molar-refractivity contribution in [1.29, 1.82) is 0 Å². The zero-order valence-corrected chi connectivity index (χ0v) is 11.8. The molecule has 1 fully saturated rings. The molecule has 94 valence electrons. The molecule has 1 saturated heterocycles. The second-order valence-corrected chi connectivity index (χ2v) is 6.92. The number of hydrogen-bond donors (Lipinski definition) is 1. The van der Waals surface area contributed by atoms with Crippen LogP contribution in [0.25, 0.3) is 0 Å². The summed E-state index contributed by atoms with van der Waals surface area (Å²) in [4.78, 5) is 0. The third kappa shape index (κ3) is 3.51. The van der Waals surface area contributed by atoms with Crippen LogP contribution in [0.3, 0.4) is 0 Å². The maximum atomic E-state index is 12.1. The van der Waals surface area contributed by atoms with Gasteiger partial charge in [0.25, 0.3) is 0 Å². The van der Waals surface area contributed by atoms with E-state index in [9.17, 15) is 8.42 Å². The van der Waals surface area contributed by atoms with Crippen LogP contribution in [-0.2, 0) is 15.8 Å². The lowest BCUT2D eigenvalue weighted by atomic mass is 10.2. The molecule has 1 N–H and O–H groups in total. The molecule has 0 aromatic heterocycles. The van der Waals surface area contributed by atoms with Crippen molar-refractivity contribution in [3.05, 3.63) is 34.3 Å². The van der Waals surface area contributed by atoms with Gasteiger partial charge in [0.15, 0.2) is 0 Å². The Morgan fingerprint density at radius 1 is 1.29 bits per heavy atom. The lowest BCUT2D eigenvalue weighted by Crippen LogP contribution is -2.46. The lowest BCUT2D eigenvalue weighted by Gasteiger charge is -2.26. The second kappa shape index (κ2) is 5.48. The highest BCUT2D eigenvalue weighted by Gasteiger charge is 2.23. The summed E-state index contributed by atoms with van der Waals surface area (Å²) < 4.78 is 26.8. The summed E-state index contributed by atoms with van der Waals surface area (Å²) in [5, 5.41) is 3.15. The Morgan fingerprint density at radius 3 is 2.65 bits per heavy atom. The molecule has 0 aliphatic carbocycles. The molecule has 6 heteroatoms. The minimum atomic E-state index is -3.18. The van der Waals surface area contributed by atoms with Crippen LogP contribution < -0.4 is 5.32 Å². The largest absolute Gasteiger partial charge is 0.314 e. The summed E-state index contributed by atoms with van der Waals surface area (Å²) in [6, 6.07) is 7.43. The van der Waals surface area contributed by atoms with Gasteiger partial charge in [-0.15, -0.1) is 0 Å². The normalized spacial score (nSPS) is 18.2. The van der Waals surface area contributed by atoms with E-state index in [4.69, 9.17) is 0 Å². The maximum Gasteiger partial charge on any atom is 0.218 e. The Balaban J connectivity index is 2.11. The van der Waals surface area contributed by atoms with Crippen LogP contribution in [0.15, 0.2) is 28.7 Å². The van der Waals surface area contributed by atoms with Crippen molar-refractivity contribution in [3.8, 4) is 0 Å². The Kier molecular flexibility index (Phi) is 4.19. The zero-order chi connectivity index (χ0) is 12.3. The van der Waals surface area contributed by atoms with Crippen molar-refractivity contribution in [2.24, 2.45) is 0 Å². The van der Waals surface area contributed by atoms with Gasteiger partial charge in [-0.3, -0.25) is 0 Å². The molecule has 1 aromatic carbocycles. The number of nitrogens with zero attached hydrogens (tertiary/aromatic N) is 1. The van der Waals surface area contributed by atoms with Crippen LogP contribution in [0.4, 0.5) is 0 Å². The van der Waals surface area contributed by atoms with Gasteiger partial charge in [0, 0.05) is 30.7 Å². The summed E-state index contributed by atoms with van der Waals surface area (Å²) in [5.74, 6) is 0.0758. The Bertz CT molecular complexity index is 484. The standard InChI is InChI=1S/C11H15BrN2O2S/c12-11-3-1-2-10(8-11)9-17(15,16)14-6-4-13-5-7-14/h1-3,8,13H,4-7,9H2. The molecule has 17 heavy (non-hydrogen) atoms. The van der Waals surface area contributed by atoms with Crippen LogP contribution in [0, 0.1) is 0 Å². The first-order valence-corrected chi connectivity index (χ1v) is 7.91. The van der Waals surface area contributed by atoms with E-state index in [0.29, 0.717) is 13.1 Å². The van der Waals surface area contributed by atoms with Crippen LogP contribution >= 0.6 is 15.9 Å². The number of hydrogen-bond acceptors (Lipinski definition) is 3. The van der Waals surface area contributed by atoms with E-state index in [1.54, 1.807) is 4.31 Å². The highest BCUT2D eigenvalue weighted by Crippen LogP contribution is 2.16. The monoisotopic (exact) mass is 318 g/mol. The predicted molar refractivity (Wildman–Crippen MR) is 71.2 cm³/mol. The first kappa shape index (κ1) is 13.0. The third-order valence-electron chi connectivity index (χ3n) is 2.71. The third-order valence-corrected chi connectivity index (χ3v) is 5.05. The number of sulfonamides is 1. The summed E-state index contributed by atoms with van der Waals surface area (Å²) >= 11 is 3.35. The van der Waals surface area contributed by atoms with Crippen molar-refractivity contribution in [2.75, 3.05) is 26.2 Å². The van der Waals surface area contributed by atoms with E-state index in [1.165, 1.54) is 0 Å². The number of piperazine rings is 1. The van der Waals surface area contributed by atoms with Crippen LogP contribution in [-0.4, -0.2) is 38.9 Å². The van der Waals surface area contributed by atoms with Crippen molar-refractivity contribution >= 4 is 26.0 Å². The van der Waals surface area contributed by atoms with Gasteiger partial charge in [-0.05, 0) is 17.7 Å². The van der Waals surface area contributed by atoms with Gasteiger partial charge in [-0.1, -0.05) is 28.1 Å². The minimum Gasteiger partial charge on any atom is -0.314 e. The Hall–Kier alpha value is -0.430. The summed E-state index contributed by atoms with van der Waals surface area (Å²) in [7, 11) is -3.18. The lowest BCUT2D eigenvalue weighted by molar-refractivity contribution is 0.360. The van der Waals surface area contributed by atoms with Crippen LogP contribution in [0.5, 0.6) is 0 Å². The van der Waals surface area contributed by atoms with E-state index in [2.05, 4.69) is 21.2 Å². The molecule has 0 unspecified atom stereocenters. The fourth-order valence-electron chi connectivity index (χ4n) is 1.85. The first-order chi connectivity index (χ1) is 8.08. The van der Waals surface area contributed by atoms with Crippen molar-refractivity contribution in [2.45, 2.75) is 5.75 Å². The Labute approximate surface area is 110 Å². The molecular weight excluding hydrogens is 304 g/mol. The maximum absolute atomic E-state index is 12.1. The molecule has 0 amide bonds. The van der Waals surface area contributed by atoms with Crippen molar-refractivity contribution in [3.63, 3.8) is 0 Å². The molecule has 2 rings (SSSR count). The smallest absolute Gasteiger partial charge is 0.218 e. The highest BCUT2D eigenvalue weighted by molar-refractivity contribution is 9.10. The molecule has 1 aliphatic heterocycles. The van der Waals surface area contributed by atoms with Gasteiger partial charge in [0.05, 0.1) is 5.75 Å². The molecule has 1 heterocycles. The molecule has 4 nitrogen and oxygen atoms in total. The molecule has 1 aromatic rings. The minimum absolute atomic E-state index is 0.0758. The molecule has 0 saturated carbocycles. The fraction of sp³-hybridized carbons (Fsp3) is 0.455. The van der Waals surface area contributed by atoms with Gasteiger partial charge < -0.3 is 5.32 Å². The highest BCUT2D eigenvalue weighted by atomic mass is 79.9. The van der Waals surface area contributed by atoms with Crippen molar-refractivity contribution < 1.29 is 8.42 Å². The fourth-order valence-corrected chi connectivity index (χ4v) is 3.82. The van der Waals surface area contributed by atoms with Gasteiger partial charge >= 0.3 is 0 Å². The van der Waals surface area contributed by atoms with Gasteiger partial charge in [-0.25, -0.2) is 8.42 Å². The average molecular weight is 319 g/mol. The van der Waals surface area contributed by atoms with Gasteiger partial charge in [0.1, 0.15) is 0 Å². The molecule has 0 spiro atoms. The molecule has 0 atom stereocenters. The predicted octanol–water partition coefficient (Wildman–Crippen LogP) is 1.18. The number of nitrogens with one attached hydrogen (secondary N) is 1. The molecule has 0 radical (unpaired) electrons. The van der Waals surface area contributed by atoms with Crippen molar-refractivity contribution in [1.82, 2.24) is 9.62 Å². The van der Waals surface area contributed by atoms with E-state index in [0.717, 1.165) is 23.1 Å². The summed E-state index contributed by atoms with van der Waals surface area (Å²) in [6.07, 6.45) is 0. The average Bonchev–Trinajstić information content (AvgIpc) is 2.29. The second-order valence-electron chi connectivity index (χ2n) is 4.04. The Morgan fingerprint density at radius 2 is 2.00 bits per heavy atom. The summed E-state index contributed by atoms with van der Waals surface area (Å²) in [5.41, 5.74) is 0.818. The van der Waals surface area contributed by atoms with E-state index in [-0.39, 0.29) is 5.75 Å². The number of halogens is 1. The molecule has 0 bridgehead atoms. The summed E-state index contributed by atoms with van der Waals surface area (Å²) in [6.45, 7) is 2.60. The first-order valence-electron chi connectivity index (χ1n) is 5.51. The number of benzene rings is 1. The van der Waals surface area contributed by atoms with Crippen LogP contribution in [0.2, 0.25) is 0 Å². The van der Waals surface area contributed by atoms with Crippen LogP contribution in [0.1, 0.15) is 5.56 Å². The van der Waals surface area contributed by atoms with E-state index >= 15 is 0 Å². The number of rotatable bonds is 3. The van der Waals surface area contributed by atoms with Gasteiger partial charge in [0.2, 0.25) is 10.0 Å². The topological polar surface area (TPSA) is 49.4 Å². The SMILES string of the molecule is O=S(=O)(Cc1cccc(Br)c1)N1CCNCC1. The molecular formula is C11H15BrN2O2S. The van der Waals surface area contributed by atoms with Gasteiger partial charge in [-0.2, -0.15) is 4.31 Å². The quantitative estimate of drug-likeness (QED) is 0.910. The zero-order valence-electron chi connectivity index (χ0n) is 9.39. The van der Waals surface area contributed by atoms with E-state index < -0.39 is 10.0 Å².